The van der Waals surface area contributed by atoms with E-state index in [1.807, 2.05) is 6.92 Å². The lowest BCUT2D eigenvalue weighted by Gasteiger charge is -2.25. The molecule has 0 saturated carbocycles. The van der Waals surface area contributed by atoms with Gasteiger partial charge in [-0.25, -0.2) is 0 Å². The van der Waals surface area contributed by atoms with Crippen molar-refractivity contribution < 1.29 is 14.3 Å². The Morgan fingerprint density at radius 3 is 2.85 bits per heavy atom. The lowest BCUT2D eigenvalue weighted by atomic mass is 10.1. The van der Waals surface area contributed by atoms with Gasteiger partial charge < -0.3 is 10.1 Å². The molecule has 1 heterocycles. The van der Waals surface area contributed by atoms with E-state index in [1.54, 1.807) is 0 Å². The maximum Gasteiger partial charge on any atom is 0.309 e. The summed E-state index contributed by atoms with van der Waals surface area (Å²) in [7, 11) is 0. The number of esters is 1. The number of hydrogen-bond acceptors (Lipinski definition) is 3. The summed E-state index contributed by atoms with van der Waals surface area (Å²) in [5, 5.41) is 2.64. The van der Waals surface area contributed by atoms with Crippen LogP contribution >= 0.6 is 0 Å². The molecule has 13 heavy (non-hydrogen) atoms. The molecule has 1 fully saturated rings. The largest absolute Gasteiger partial charge is 0.460 e. The second-order valence-electron chi connectivity index (χ2n) is 2.98. The Morgan fingerprint density at radius 1 is 1.77 bits per heavy atom. The summed E-state index contributed by atoms with van der Waals surface area (Å²) in [4.78, 5) is 21.5. The van der Waals surface area contributed by atoms with Gasteiger partial charge in [-0.3, -0.25) is 9.59 Å². The summed E-state index contributed by atoms with van der Waals surface area (Å²) in [5.74, 6) is -0.362. The molecule has 0 bridgehead atoms. The number of nitrogens with one attached hydrogen (secondary N) is 1. The molecule has 4 heteroatoms. The maximum atomic E-state index is 11.1. The van der Waals surface area contributed by atoms with Crippen molar-refractivity contribution in [1.82, 2.24) is 5.32 Å². The van der Waals surface area contributed by atoms with Gasteiger partial charge in [0, 0.05) is 5.57 Å². The van der Waals surface area contributed by atoms with Gasteiger partial charge in [0.15, 0.2) is 0 Å². The smallest absolute Gasteiger partial charge is 0.309 e. The fourth-order valence-electron chi connectivity index (χ4n) is 0.968. The molecule has 1 atom stereocenters. The third kappa shape index (κ3) is 2.57. The predicted molar refractivity (Wildman–Crippen MR) is 46.9 cm³/mol. The molecule has 0 spiro atoms. The van der Waals surface area contributed by atoms with Crippen molar-refractivity contribution in [3.05, 3.63) is 12.2 Å². The minimum atomic E-state index is -0.200. The average molecular weight is 183 g/mol. The van der Waals surface area contributed by atoms with Crippen LogP contribution in [-0.2, 0) is 14.3 Å². The molecule has 1 amide bonds. The number of amides is 1. The number of cyclic esters (lactones) is 1. The molecule has 1 rings (SSSR count). The van der Waals surface area contributed by atoms with E-state index in [2.05, 4.69) is 11.9 Å². The molecule has 1 unspecified atom stereocenters. The van der Waals surface area contributed by atoms with Crippen molar-refractivity contribution in [1.29, 1.82) is 0 Å². The SMILES string of the molecule is C=C(CC)C(=O)NCC1CC(=O)O1. The second-order valence-corrected chi connectivity index (χ2v) is 2.98. The molecule has 1 N–H and O–H groups in total. The predicted octanol–water partition coefficient (Wildman–Crippen LogP) is 0.384. The van der Waals surface area contributed by atoms with E-state index >= 15 is 0 Å². The van der Waals surface area contributed by atoms with E-state index < -0.39 is 0 Å². The van der Waals surface area contributed by atoms with Gasteiger partial charge in [0.25, 0.3) is 0 Å². The fourth-order valence-corrected chi connectivity index (χ4v) is 0.968. The van der Waals surface area contributed by atoms with E-state index in [0.29, 0.717) is 25.0 Å². The Balaban J connectivity index is 2.15. The van der Waals surface area contributed by atoms with Crippen molar-refractivity contribution in [2.24, 2.45) is 0 Å². The van der Waals surface area contributed by atoms with Gasteiger partial charge in [0.05, 0.1) is 13.0 Å². The number of hydrogen-bond donors (Lipinski definition) is 1. The van der Waals surface area contributed by atoms with Crippen molar-refractivity contribution in [3.63, 3.8) is 0 Å². The highest BCUT2D eigenvalue weighted by Crippen LogP contribution is 2.11. The first-order valence-electron chi connectivity index (χ1n) is 4.29. The lowest BCUT2D eigenvalue weighted by molar-refractivity contribution is -0.169. The number of rotatable bonds is 4. The van der Waals surface area contributed by atoms with Gasteiger partial charge in [-0.05, 0) is 6.42 Å². The summed E-state index contributed by atoms with van der Waals surface area (Å²) in [6, 6.07) is 0. The van der Waals surface area contributed by atoms with Gasteiger partial charge in [-0.2, -0.15) is 0 Å². The first-order chi connectivity index (χ1) is 6.13. The van der Waals surface area contributed by atoms with Crippen molar-refractivity contribution in [2.45, 2.75) is 25.9 Å². The zero-order chi connectivity index (χ0) is 9.84. The second kappa shape index (κ2) is 4.07. The van der Waals surface area contributed by atoms with Crippen molar-refractivity contribution in [3.8, 4) is 0 Å². The van der Waals surface area contributed by atoms with Gasteiger partial charge in [-0.1, -0.05) is 13.5 Å². The summed E-state index contributed by atoms with van der Waals surface area (Å²) < 4.78 is 4.72. The highest BCUT2D eigenvalue weighted by molar-refractivity contribution is 5.92. The average Bonchev–Trinajstić information content (AvgIpc) is 2.08. The van der Waals surface area contributed by atoms with Gasteiger partial charge in [0.1, 0.15) is 6.10 Å². The van der Waals surface area contributed by atoms with Crippen molar-refractivity contribution in [2.75, 3.05) is 6.54 Å². The number of carbonyl (C=O) groups excluding carboxylic acids is 2. The highest BCUT2D eigenvalue weighted by Gasteiger charge is 2.28. The molecule has 1 saturated heterocycles. The molecular formula is C9H13NO3. The molecule has 0 aromatic heterocycles. The maximum absolute atomic E-state index is 11.1. The third-order valence-electron chi connectivity index (χ3n) is 1.93. The van der Waals surface area contributed by atoms with Gasteiger partial charge in [-0.15, -0.1) is 0 Å². The van der Waals surface area contributed by atoms with Crippen LogP contribution in [0, 0.1) is 0 Å². The van der Waals surface area contributed by atoms with Gasteiger partial charge in [0.2, 0.25) is 5.91 Å². The van der Waals surface area contributed by atoms with Crippen LogP contribution in [0.5, 0.6) is 0 Å². The van der Waals surface area contributed by atoms with Crippen LogP contribution in [0.3, 0.4) is 0 Å². The van der Waals surface area contributed by atoms with Crippen LogP contribution in [-0.4, -0.2) is 24.5 Å². The van der Waals surface area contributed by atoms with E-state index in [9.17, 15) is 9.59 Å². The third-order valence-corrected chi connectivity index (χ3v) is 1.93. The summed E-state index contributed by atoms with van der Waals surface area (Å²) in [6.07, 6.45) is 0.899. The van der Waals surface area contributed by atoms with Crippen LogP contribution < -0.4 is 5.32 Å². The van der Waals surface area contributed by atoms with E-state index in [0.717, 1.165) is 0 Å². The molecule has 72 valence electrons. The van der Waals surface area contributed by atoms with Crippen LogP contribution in [0.4, 0.5) is 0 Å². The molecular weight excluding hydrogens is 170 g/mol. The zero-order valence-electron chi connectivity index (χ0n) is 7.63. The summed E-state index contributed by atoms with van der Waals surface area (Å²) in [5.41, 5.74) is 0.547. The van der Waals surface area contributed by atoms with E-state index in [-0.39, 0.29) is 18.0 Å². The van der Waals surface area contributed by atoms with Crippen LogP contribution in [0.1, 0.15) is 19.8 Å². The molecule has 0 aromatic rings. The minimum Gasteiger partial charge on any atom is -0.460 e. The van der Waals surface area contributed by atoms with Crippen LogP contribution in [0.15, 0.2) is 12.2 Å². The fraction of sp³-hybridized carbons (Fsp3) is 0.556. The Morgan fingerprint density at radius 2 is 2.38 bits per heavy atom. The number of carbonyl (C=O) groups is 2. The molecule has 1 aliphatic rings. The van der Waals surface area contributed by atoms with E-state index in [4.69, 9.17) is 4.74 Å². The molecule has 0 radical (unpaired) electrons. The lowest BCUT2D eigenvalue weighted by Crippen LogP contribution is -2.42. The van der Waals surface area contributed by atoms with Gasteiger partial charge >= 0.3 is 5.97 Å². The number of ether oxygens (including phenoxy) is 1. The molecule has 0 aliphatic carbocycles. The minimum absolute atomic E-state index is 0.138. The monoisotopic (exact) mass is 183 g/mol. The Bertz CT molecular complexity index is 239. The standard InChI is InChI=1S/C9H13NO3/c1-3-6(2)9(12)10-5-7-4-8(11)13-7/h7H,2-5H2,1H3,(H,10,12). The summed E-state index contributed by atoms with van der Waals surface area (Å²) >= 11 is 0. The Labute approximate surface area is 76.9 Å². The van der Waals surface area contributed by atoms with Crippen LogP contribution in [0.2, 0.25) is 0 Å². The Hall–Kier alpha value is -1.32. The van der Waals surface area contributed by atoms with Crippen molar-refractivity contribution >= 4 is 11.9 Å². The Kier molecular flexibility index (Phi) is 3.06. The topological polar surface area (TPSA) is 55.4 Å². The molecule has 4 nitrogen and oxygen atoms in total. The van der Waals surface area contributed by atoms with E-state index in [1.165, 1.54) is 0 Å². The highest BCUT2D eigenvalue weighted by atomic mass is 16.6. The molecule has 0 aromatic carbocycles. The summed E-state index contributed by atoms with van der Waals surface area (Å²) in [6.45, 7) is 5.85. The zero-order valence-corrected chi connectivity index (χ0v) is 7.63. The first-order valence-corrected chi connectivity index (χ1v) is 4.29. The van der Waals surface area contributed by atoms with Crippen LogP contribution in [0.25, 0.3) is 0 Å². The molecule has 1 aliphatic heterocycles. The quantitative estimate of drug-likeness (QED) is 0.506. The first kappa shape index (κ1) is 9.77. The normalized spacial score (nSPS) is 20.1.